The van der Waals surface area contributed by atoms with Crippen molar-refractivity contribution >= 4 is 41.6 Å². The predicted molar refractivity (Wildman–Crippen MR) is 137 cm³/mol. The number of para-hydroxylation sites is 1. The highest BCUT2D eigenvalue weighted by Crippen LogP contribution is 2.19. The highest BCUT2D eigenvalue weighted by Gasteiger charge is 2.27. The van der Waals surface area contributed by atoms with Gasteiger partial charge in [-0.05, 0) is 38.8 Å². The second-order valence-corrected chi connectivity index (χ2v) is 8.19. The van der Waals surface area contributed by atoms with Crippen LogP contribution >= 0.6 is 24.0 Å². The van der Waals surface area contributed by atoms with Gasteiger partial charge in [-0.3, -0.25) is 14.7 Å². The van der Waals surface area contributed by atoms with Crippen molar-refractivity contribution in [2.45, 2.75) is 32.7 Å². The number of piperazine rings is 1. The van der Waals surface area contributed by atoms with Crippen molar-refractivity contribution in [2.24, 2.45) is 10.9 Å². The smallest absolute Gasteiger partial charge is 0.308 e. The first kappa shape index (κ1) is 25.7. The molecule has 2 saturated heterocycles. The van der Waals surface area contributed by atoms with E-state index in [1.807, 2.05) is 0 Å². The van der Waals surface area contributed by atoms with Crippen molar-refractivity contribution in [2.75, 3.05) is 64.4 Å². The predicted octanol–water partition coefficient (Wildman–Crippen LogP) is 2.67. The van der Waals surface area contributed by atoms with Gasteiger partial charge in [0.2, 0.25) is 0 Å². The number of anilines is 1. The number of carbonyl (C=O) groups excluding carboxylic acids is 1. The van der Waals surface area contributed by atoms with Gasteiger partial charge in [0.25, 0.3) is 0 Å². The van der Waals surface area contributed by atoms with E-state index in [1.165, 1.54) is 12.8 Å². The Morgan fingerprint density at radius 3 is 2.35 bits per heavy atom. The van der Waals surface area contributed by atoms with Crippen LogP contribution < -0.4 is 10.2 Å². The highest BCUT2D eigenvalue weighted by atomic mass is 127. The molecule has 2 aliphatic rings. The van der Waals surface area contributed by atoms with Crippen LogP contribution in [0.25, 0.3) is 0 Å². The molecule has 2 fully saturated rings. The van der Waals surface area contributed by atoms with E-state index in [4.69, 9.17) is 9.73 Å². The van der Waals surface area contributed by atoms with Crippen LogP contribution in [0.2, 0.25) is 0 Å². The van der Waals surface area contributed by atoms with Crippen LogP contribution in [0.1, 0.15) is 26.7 Å². The van der Waals surface area contributed by atoms with E-state index < -0.39 is 0 Å². The quantitative estimate of drug-likeness (QED) is 0.258. The van der Waals surface area contributed by atoms with Crippen molar-refractivity contribution in [3.8, 4) is 0 Å². The minimum atomic E-state index is -0.0835. The Morgan fingerprint density at radius 1 is 1.13 bits per heavy atom. The molecule has 0 bridgehead atoms. The second-order valence-electron chi connectivity index (χ2n) is 8.19. The van der Waals surface area contributed by atoms with Crippen LogP contribution in [0.5, 0.6) is 0 Å². The van der Waals surface area contributed by atoms with Gasteiger partial charge in [0.05, 0.1) is 19.6 Å². The van der Waals surface area contributed by atoms with E-state index in [0.717, 1.165) is 71.2 Å². The molecular weight excluding hydrogens is 505 g/mol. The minimum Gasteiger partial charge on any atom is -0.469 e. The first-order valence-electron chi connectivity index (χ1n) is 11.3. The number of esters is 1. The minimum absolute atomic E-state index is 0. The summed E-state index contributed by atoms with van der Waals surface area (Å²) in [6.07, 6.45) is 1.65. The molecule has 0 aliphatic carbocycles. The number of ether oxygens (including phenoxy) is 1. The zero-order valence-electron chi connectivity index (χ0n) is 19.1. The molecule has 2 heterocycles. The SMILES string of the molecule is CCNC(=NCC(C)N1CCN(c2ccccc2)CC1)N1CCC(C(=O)OC)CC1.I. The Hall–Kier alpha value is -1.55. The lowest BCUT2D eigenvalue weighted by Gasteiger charge is -2.39. The fraction of sp³-hybridized carbons (Fsp3) is 0.652. The van der Waals surface area contributed by atoms with Crippen molar-refractivity contribution in [3.63, 3.8) is 0 Å². The molecular formula is C23H38IN5O2. The summed E-state index contributed by atoms with van der Waals surface area (Å²) >= 11 is 0. The largest absolute Gasteiger partial charge is 0.469 e. The first-order valence-corrected chi connectivity index (χ1v) is 11.3. The maximum absolute atomic E-state index is 11.8. The zero-order valence-corrected chi connectivity index (χ0v) is 21.5. The van der Waals surface area contributed by atoms with Crippen LogP contribution in [-0.2, 0) is 9.53 Å². The second kappa shape index (κ2) is 13.1. The first-order chi connectivity index (χ1) is 14.6. The number of methoxy groups -OCH3 is 1. The third-order valence-corrected chi connectivity index (χ3v) is 6.23. The van der Waals surface area contributed by atoms with Gasteiger partial charge in [0, 0.05) is 57.5 Å². The molecule has 0 amide bonds. The maximum Gasteiger partial charge on any atom is 0.308 e. The van der Waals surface area contributed by atoms with Gasteiger partial charge in [-0.2, -0.15) is 0 Å². The van der Waals surface area contributed by atoms with Crippen LogP contribution in [0, 0.1) is 5.92 Å². The topological polar surface area (TPSA) is 60.4 Å². The molecule has 1 atom stereocenters. The van der Waals surface area contributed by atoms with Crippen LogP contribution in [-0.4, -0.2) is 87.2 Å². The lowest BCUT2D eigenvalue weighted by atomic mass is 9.97. The zero-order chi connectivity index (χ0) is 21.3. The Labute approximate surface area is 204 Å². The average Bonchev–Trinajstić information content (AvgIpc) is 2.82. The summed E-state index contributed by atoms with van der Waals surface area (Å²) < 4.78 is 4.90. The average molecular weight is 543 g/mol. The van der Waals surface area contributed by atoms with Gasteiger partial charge in [0.1, 0.15) is 0 Å². The normalized spacial score (nSPS) is 19.5. The number of carbonyl (C=O) groups is 1. The van der Waals surface area contributed by atoms with Gasteiger partial charge in [0.15, 0.2) is 5.96 Å². The molecule has 3 rings (SSSR count). The highest BCUT2D eigenvalue weighted by molar-refractivity contribution is 14.0. The Morgan fingerprint density at radius 2 is 1.77 bits per heavy atom. The van der Waals surface area contributed by atoms with Crippen molar-refractivity contribution in [1.29, 1.82) is 0 Å². The molecule has 1 aromatic rings. The van der Waals surface area contributed by atoms with Gasteiger partial charge < -0.3 is 19.9 Å². The summed E-state index contributed by atoms with van der Waals surface area (Å²) in [5.74, 6) is 0.907. The van der Waals surface area contributed by atoms with E-state index in [2.05, 4.69) is 64.2 Å². The summed E-state index contributed by atoms with van der Waals surface area (Å²) in [5, 5.41) is 3.43. The number of piperidine rings is 1. The Bertz CT molecular complexity index is 686. The maximum atomic E-state index is 11.8. The molecule has 1 aromatic carbocycles. The van der Waals surface area contributed by atoms with Crippen LogP contribution in [0.4, 0.5) is 5.69 Å². The number of aliphatic imine (C=N–C) groups is 1. The standard InChI is InChI=1S/C23H37N5O2.HI/c1-4-24-23(28-12-10-20(11-13-28)22(29)30-3)25-18-19(2)26-14-16-27(17-15-26)21-8-6-5-7-9-21;/h5-9,19-20H,4,10-18H2,1-3H3,(H,24,25);1H. The Kier molecular flexibility index (Phi) is 10.9. The molecule has 0 radical (unpaired) electrons. The lowest BCUT2D eigenvalue weighted by molar-refractivity contribution is -0.146. The summed E-state index contributed by atoms with van der Waals surface area (Å²) in [7, 11) is 1.47. The lowest BCUT2D eigenvalue weighted by Crippen LogP contribution is -2.51. The van der Waals surface area contributed by atoms with Crippen molar-refractivity contribution < 1.29 is 9.53 Å². The van der Waals surface area contributed by atoms with E-state index in [1.54, 1.807) is 0 Å². The monoisotopic (exact) mass is 543 g/mol. The third kappa shape index (κ3) is 7.24. The molecule has 2 aliphatic heterocycles. The molecule has 0 aromatic heterocycles. The number of benzene rings is 1. The van der Waals surface area contributed by atoms with E-state index in [-0.39, 0.29) is 35.9 Å². The van der Waals surface area contributed by atoms with Crippen LogP contribution in [0.15, 0.2) is 35.3 Å². The fourth-order valence-corrected chi connectivity index (χ4v) is 4.31. The molecule has 1 N–H and O–H groups in total. The number of hydrogen-bond acceptors (Lipinski definition) is 5. The number of rotatable bonds is 6. The van der Waals surface area contributed by atoms with Crippen molar-refractivity contribution in [1.82, 2.24) is 15.1 Å². The molecule has 8 heteroatoms. The number of guanidine groups is 1. The van der Waals surface area contributed by atoms with Crippen molar-refractivity contribution in [3.05, 3.63) is 30.3 Å². The molecule has 174 valence electrons. The van der Waals surface area contributed by atoms with Gasteiger partial charge in [-0.25, -0.2) is 0 Å². The summed E-state index contributed by atoms with van der Waals surface area (Å²) in [6, 6.07) is 11.1. The van der Waals surface area contributed by atoms with Gasteiger partial charge in [-0.15, -0.1) is 24.0 Å². The van der Waals surface area contributed by atoms with E-state index in [0.29, 0.717) is 6.04 Å². The Balaban J connectivity index is 0.00000341. The summed E-state index contributed by atoms with van der Waals surface area (Å²) in [5.41, 5.74) is 1.31. The number of nitrogens with zero attached hydrogens (tertiary/aromatic N) is 4. The fourth-order valence-electron chi connectivity index (χ4n) is 4.31. The molecule has 0 spiro atoms. The van der Waals surface area contributed by atoms with Gasteiger partial charge >= 0.3 is 5.97 Å². The molecule has 31 heavy (non-hydrogen) atoms. The molecule has 1 unspecified atom stereocenters. The number of nitrogens with one attached hydrogen (secondary N) is 1. The number of likely N-dealkylation sites (tertiary alicyclic amines) is 1. The number of hydrogen-bond donors (Lipinski definition) is 1. The van der Waals surface area contributed by atoms with E-state index >= 15 is 0 Å². The molecule has 0 saturated carbocycles. The third-order valence-electron chi connectivity index (χ3n) is 6.23. The molecule has 7 nitrogen and oxygen atoms in total. The van der Waals surface area contributed by atoms with Gasteiger partial charge in [-0.1, -0.05) is 18.2 Å². The van der Waals surface area contributed by atoms with Crippen LogP contribution in [0.3, 0.4) is 0 Å². The summed E-state index contributed by atoms with van der Waals surface area (Å²) in [6.45, 7) is 11.9. The van der Waals surface area contributed by atoms with E-state index in [9.17, 15) is 4.79 Å². The number of halogens is 1. The summed E-state index contributed by atoms with van der Waals surface area (Å²) in [4.78, 5) is 24.0.